The maximum absolute atomic E-state index is 12.7. The lowest BCUT2D eigenvalue weighted by atomic mass is 9.71. The van der Waals surface area contributed by atoms with Crippen molar-refractivity contribution in [1.82, 2.24) is 10.5 Å². The highest BCUT2D eigenvalue weighted by molar-refractivity contribution is 5.84. The summed E-state index contributed by atoms with van der Waals surface area (Å²) < 4.78 is 5.19. The highest BCUT2D eigenvalue weighted by atomic mass is 16.5. The molecule has 4 nitrogen and oxygen atoms in total. The molecule has 0 spiro atoms. The highest BCUT2D eigenvalue weighted by Gasteiger charge is 2.41. The lowest BCUT2D eigenvalue weighted by Crippen LogP contribution is -2.51. The molecular formula is C18H22N2O2. The van der Waals surface area contributed by atoms with E-state index in [9.17, 15) is 4.79 Å². The number of nitrogens with zero attached hydrogens (tertiary/aromatic N) is 1. The van der Waals surface area contributed by atoms with Crippen molar-refractivity contribution in [2.75, 3.05) is 0 Å². The second-order valence-corrected chi connectivity index (χ2v) is 6.25. The fourth-order valence-electron chi connectivity index (χ4n) is 3.36. The summed E-state index contributed by atoms with van der Waals surface area (Å²) in [5, 5.41) is 7.23. The maximum atomic E-state index is 12.7. The van der Waals surface area contributed by atoms with E-state index in [0.717, 1.165) is 36.3 Å². The third kappa shape index (κ3) is 2.43. The van der Waals surface area contributed by atoms with Crippen LogP contribution in [0.2, 0.25) is 0 Å². The van der Waals surface area contributed by atoms with Gasteiger partial charge in [-0.15, -0.1) is 0 Å². The third-order valence-corrected chi connectivity index (χ3v) is 4.81. The molecule has 22 heavy (non-hydrogen) atoms. The van der Waals surface area contributed by atoms with Gasteiger partial charge >= 0.3 is 0 Å². The number of aryl methyl sites for hydroxylation is 2. The molecule has 0 radical (unpaired) electrons. The summed E-state index contributed by atoms with van der Waals surface area (Å²) in [6, 6.07) is 10.3. The molecule has 1 fully saturated rings. The minimum Gasteiger partial charge on any atom is -0.361 e. The van der Waals surface area contributed by atoms with Gasteiger partial charge in [-0.25, -0.2) is 0 Å². The van der Waals surface area contributed by atoms with Crippen molar-refractivity contribution in [2.24, 2.45) is 0 Å². The van der Waals surface area contributed by atoms with Gasteiger partial charge < -0.3 is 9.84 Å². The summed E-state index contributed by atoms with van der Waals surface area (Å²) in [5.41, 5.74) is 2.69. The molecule has 1 aliphatic carbocycles. The Labute approximate surface area is 130 Å². The Balaban J connectivity index is 1.81. The molecule has 116 valence electrons. The first-order valence-electron chi connectivity index (χ1n) is 7.84. The van der Waals surface area contributed by atoms with Crippen molar-refractivity contribution in [1.29, 1.82) is 0 Å². The summed E-state index contributed by atoms with van der Waals surface area (Å²) >= 11 is 0. The smallest absolute Gasteiger partial charge is 0.228 e. The van der Waals surface area contributed by atoms with E-state index in [-0.39, 0.29) is 17.4 Å². The molecule has 1 N–H and O–H groups in total. The molecule has 1 aliphatic rings. The van der Waals surface area contributed by atoms with Crippen molar-refractivity contribution in [3.63, 3.8) is 0 Å². The average Bonchev–Trinajstić information content (AvgIpc) is 2.82. The van der Waals surface area contributed by atoms with Gasteiger partial charge in [0.15, 0.2) is 0 Å². The average molecular weight is 298 g/mol. The van der Waals surface area contributed by atoms with Gasteiger partial charge in [-0.1, -0.05) is 35.5 Å². The summed E-state index contributed by atoms with van der Waals surface area (Å²) in [6.45, 7) is 5.65. The minimum atomic E-state index is -0.257. The Morgan fingerprint density at radius 1 is 1.27 bits per heavy atom. The van der Waals surface area contributed by atoms with Crippen LogP contribution in [0.15, 0.2) is 34.9 Å². The zero-order valence-electron chi connectivity index (χ0n) is 13.3. The number of benzene rings is 1. The van der Waals surface area contributed by atoms with E-state index in [4.69, 9.17) is 4.52 Å². The number of hydrogen-bond donors (Lipinski definition) is 1. The number of rotatable bonds is 4. The number of nitrogens with one attached hydrogen (secondary N) is 1. The van der Waals surface area contributed by atoms with Crippen molar-refractivity contribution in [3.05, 3.63) is 52.9 Å². The maximum Gasteiger partial charge on any atom is 0.228 e. The van der Waals surface area contributed by atoms with E-state index in [2.05, 4.69) is 22.6 Å². The van der Waals surface area contributed by atoms with Gasteiger partial charge in [0, 0.05) is 5.56 Å². The molecule has 1 aromatic heterocycles. The molecule has 4 heteroatoms. The highest BCUT2D eigenvalue weighted by Crippen LogP contribution is 2.41. The van der Waals surface area contributed by atoms with E-state index in [0.29, 0.717) is 0 Å². The first-order valence-corrected chi connectivity index (χ1v) is 7.84. The van der Waals surface area contributed by atoms with Gasteiger partial charge in [0.2, 0.25) is 5.91 Å². The zero-order valence-corrected chi connectivity index (χ0v) is 13.3. The standard InChI is InChI=1S/C18H22N2O2/c1-12(16-13(2)20-22-14(16)3)17(21)19-18(10-7-11-18)15-8-5-4-6-9-15/h4-6,8-9,12H,7,10-11H2,1-3H3,(H,19,21)/t12-/m0/s1. The Morgan fingerprint density at radius 3 is 2.45 bits per heavy atom. The predicted molar refractivity (Wildman–Crippen MR) is 84.5 cm³/mol. The minimum absolute atomic E-state index is 0.0398. The Hall–Kier alpha value is -2.10. The lowest BCUT2D eigenvalue weighted by molar-refractivity contribution is -0.125. The number of hydrogen-bond acceptors (Lipinski definition) is 3. The normalized spacial score (nSPS) is 17.6. The molecule has 0 aliphatic heterocycles. The molecule has 0 unspecified atom stereocenters. The Kier molecular flexibility index (Phi) is 3.77. The fourth-order valence-corrected chi connectivity index (χ4v) is 3.36. The number of aromatic nitrogens is 1. The Bertz CT molecular complexity index is 652. The van der Waals surface area contributed by atoms with Crippen LogP contribution in [0, 0.1) is 13.8 Å². The summed E-state index contributed by atoms with van der Waals surface area (Å²) in [4.78, 5) is 12.7. The van der Waals surface area contributed by atoms with Crippen LogP contribution in [0.4, 0.5) is 0 Å². The first kappa shape index (κ1) is 14.8. The zero-order chi connectivity index (χ0) is 15.7. The van der Waals surface area contributed by atoms with Crippen LogP contribution in [-0.4, -0.2) is 11.1 Å². The van der Waals surface area contributed by atoms with Gasteiger partial charge in [0.1, 0.15) is 5.76 Å². The van der Waals surface area contributed by atoms with Gasteiger partial charge in [0.05, 0.1) is 17.2 Å². The SMILES string of the molecule is Cc1noc(C)c1[C@H](C)C(=O)NC1(c2ccccc2)CCC1. The molecule has 0 saturated heterocycles. The quantitative estimate of drug-likeness (QED) is 0.938. The number of carbonyl (C=O) groups is 1. The third-order valence-electron chi connectivity index (χ3n) is 4.81. The van der Waals surface area contributed by atoms with E-state index < -0.39 is 0 Å². The predicted octanol–water partition coefficient (Wildman–Crippen LogP) is 3.59. The lowest BCUT2D eigenvalue weighted by Gasteiger charge is -2.43. The van der Waals surface area contributed by atoms with Crippen LogP contribution >= 0.6 is 0 Å². The van der Waals surface area contributed by atoms with Gasteiger partial charge in [-0.2, -0.15) is 0 Å². The summed E-state index contributed by atoms with van der Waals surface area (Å²) in [7, 11) is 0. The molecule has 1 saturated carbocycles. The fraction of sp³-hybridized carbons (Fsp3) is 0.444. The van der Waals surface area contributed by atoms with Crippen molar-refractivity contribution in [3.8, 4) is 0 Å². The number of carbonyl (C=O) groups excluding carboxylic acids is 1. The molecule has 1 aromatic carbocycles. The molecule has 1 amide bonds. The van der Waals surface area contributed by atoms with E-state index in [1.807, 2.05) is 39.0 Å². The van der Waals surface area contributed by atoms with Crippen LogP contribution in [0.25, 0.3) is 0 Å². The second-order valence-electron chi connectivity index (χ2n) is 6.25. The molecule has 1 atom stereocenters. The van der Waals surface area contributed by atoms with Crippen LogP contribution < -0.4 is 5.32 Å². The van der Waals surface area contributed by atoms with Gasteiger partial charge in [-0.05, 0) is 45.6 Å². The van der Waals surface area contributed by atoms with Crippen molar-refractivity contribution >= 4 is 5.91 Å². The van der Waals surface area contributed by atoms with E-state index >= 15 is 0 Å². The van der Waals surface area contributed by atoms with Gasteiger partial charge in [-0.3, -0.25) is 4.79 Å². The van der Waals surface area contributed by atoms with E-state index in [1.165, 1.54) is 5.56 Å². The topological polar surface area (TPSA) is 55.1 Å². The Morgan fingerprint density at radius 2 is 1.95 bits per heavy atom. The molecule has 0 bridgehead atoms. The molecule has 3 rings (SSSR count). The largest absolute Gasteiger partial charge is 0.361 e. The summed E-state index contributed by atoms with van der Waals surface area (Å²) in [6.07, 6.45) is 3.14. The second kappa shape index (κ2) is 5.59. The molecule has 2 aromatic rings. The van der Waals surface area contributed by atoms with Crippen LogP contribution in [-0.2, 0) is 10.3 Å². The first-order chi connectivity index (χ1) is 10.5. The van der Waals surface area contributed by atoms with Crippen molar-refractivity contribution in [2.45, 2.75) is 51.5 Å². The van der Waals surface area contributed by atoms with Gasteiger partial charge in [0.25, 0.3) is 0 Å². The van der Waals surface area contributed by atoms with E-state index in [1.54, 1.807) is 0 Å². The monoisotopic (exact) mass is 298 g/mol. The van der Waals surface area contributed by atoms with Crippen LogP contribution in [0.1, 0.15) is 54.7 Å². The van der Waals surface area contributed by atoms with Crippen LogP contribution in [0.5, 0.6) is 0 Å². The molecule has 1 heterocycles. The number of amides is 1. The van der Waals surface area contributed by atoms with Crippen molar-refractivity contribution < 1.29 is 9.32 Å². The molecular weight excluding hydrogens is 276 g/mol. The summed E-state index contributed by atoms with van der Waals surface area (Å²) in [5.74, 6) is 0.507. The van der Waals surface area contributed by atoms with Crippen LogP contribution in [0.3, 0.4) is 0 Å².